The summed E-state index contributed by atoms with van der Waals surface area (Å²) in [5, 5.41) is 8.97. The number of H-pyrrole nitrogens is 1. The van der Waals surface area contributed by atoms with Gasteiger partial charge in [-0.05, 0) is 51.5 Å². The quantitative estimate of drug-likeness (QED) is 0.308. The van der Waals surface area contributed by atoms with Gasteiger partial charge in [0.15, 0.2) is 5.65 Å². The van der Waals surface area contributed by atoms with Gasteiger partial charge in [0.2, 0.25) is 0 Å². The first kappa shape index (κ1) is 24.3. The van der Waals surface area contributed by atoms with Crippen molar-refractivity contribution in [3.8, 4) is 11.3 Å². The van der Waals surface area contributed by atoms with Gasteiger partial charge < -0.3 is 19.5 Å². The van der Waals surface area contributed by atoms with Crippen LogP contribution in [0.25, 0.3) is 33.2 Å². The predicted octanol–water partition coefficient (Wildman–Crippen LogP) is 4.88. The number of hydrogen-bond donors (Lipinski definition) is 2. The second-order valence-corrected chi connectivity index (χ2v) is 9.41. The normalized spacial score (nSPS) is 12.4. The van der Waals surface area contributed by atoms with Crippen molar-refractivity contribution in [2.45, 2.75) is 46.2 Å². The number of hydrogen-bond acceptors (Lipinski definition) is 6. The molecule has 2 N–H and O–H groups in total. The van der Waals surface area contributed by atoms with Crippen LogP contribution in [0.3, 0.4) is 0 Å². The Hall–Kier alpha value is -4.40. The van der Waals surface area contributed by atoms with Crippen LogP contribution in [0, 0.1) is 13.8 Å². The Morgan fingerprint density at radius 3 is 2.65 bits per heavy atom. The smallest absolute Gasteiger partial charge is 0.328 e. The number of para-hydroxylation sites is 1. The molecule has 0 fully saturated rings. The number of fused-ring (bicyclic) bond motifs is 2. The number of amides is 1. The molecule has 9 nitrogen and oxygen atoms in total. The first-order valence-corrected chi connectivity index (χ1v) is 12.2. The number of furan rings is 1. The number of carbonyl (C=O) groups is 2. The summed E-state index contributed by atoms with van der Waals surface area (Å²) in [5.41, 5.74) is 4.22. The van der Waals surface area contributed by atoms with Crippen LogP contribution in [0.4, 0.5) is 0 Å². The number of nitrogens with zero attached hydrogens (tertiary/aromatic N) is 3. The van der Waals surface area contributed by atoms with E-state index in [1.54, 1.807) is 16.9 Å². The highest BCUT2D eigenvalue weighted by Gasteiger charge is 2.26. The van der Waals surface area contributed by atoms with E-state index >= 15 is 0 Å². The van der Waals surface area contributed by atoms with E-state index in [1.807, 2.05) is 64.2 Å². The summed E-state index contributed by atoms with van der Waals surface area (Å²) >= 11 is 0. The molecule has 37 heavy (non-hydrogen) atoms. The zero-order valence-electron chi connectivity index (χ0n) is 21.5. The minimum absolute atomic E-state index is 0.0352. The fourth-order valence-corrected chi connectivity index (χ4v) is 4.70. The van der Waals surface area contributed by atoms with Gasteiger partial charge in [0.1, 0.15) is 17.6 Å². The van der Waals surface area contributed by atoms with Crippen LogP contribution in [0.1, 0.15) is 47.3 Å². The Kier molecular flexibility index (Phi) is 6.29. The van der Waals surface area contributed by atoms with Gasteiger partial charge in [-0.15, -0.1) is 0 Å². The maximum absolute atomic E-state index is 13.7. The number of pyridine rings is 1. The van der Waals surface area contributed by atoms with E-state index in [2.05, 4.69) is 15.4 Å². The molecule has 4 aromatic heterocycles. The van der Waals surface area contributed by atoms with Crippen LogP contribution in [0.15, 0.2) is 53.2 Å². The monoisotopic (exact) mass is 499 g/mol. The molecule has 0 aliphatic carbocycles. The van der Waals surface area contributed by atoms with Gasteiger partial charge in [0.05, 0.1) is 30.0 Å². The number of aromatic nitrogens is 4. The van der Waals surface area contributed by atoms with Crippen LogP contribution in [0.5, 0.6) is 0 Å². The first-order chi connectivity index (χ1) is 17.8. The van der Waals surface area contributed by atoms with Crippen molar-refractivity contribution < 1.29 is 18.7 Å². The molecule has 5 aromatic rings. The van der Waals surface area contributed by atoms with Gasteiger partial charge in [-0.3, -0.25) is 4.79 Å². The van der Waals surface area contributed by atoms with Gasteiger partial charge in [-0.2, -0.15) is 5.10 Å². The molecule has 0 bridgehead atoms. The predicted molar refractivity (Wildman–Crippen MR) is 140 cm³/mol. The number of rotatable bonds is 7. The highest BCUT2D eigenvalue weighted by Crippen LogP contribution is 2.30. The van der Waals surface area contributed by atoms with Gasteiger partial charge >= 0.3 is 5.97 Å². The molecule has 0 aliphatic heterocycles. The summed E-state index contributed by atoms with van der Waals surface area (Å²) in [6, 6.07) is 10.6. The average Bonchev–Trinajstić information content (AvgIpc) is 3.58. The number of esters is 1. The Morgan fingerprint density at radius 2 is 1.95 bits per heavy atom. The third-order valence-corrected chi connectivity index (χ3v) is 6.51. The molecule has 0 unspecified atom stereocenters. The summed E-state index contributed by atoms with van der Waals surface area (Å²) in [6.45, 7) is 7.74. The molecule has 1 amide bonds. The SMILES string of the molecule is COC(=O)[C@@H](Cc1c[nH]c2ccccc12)NC(=O)c1cc(-c2cc(C)oc2C)nc2c1cnn2C(C)C. The molecule has 1 aromatic carbocycles. The molecular weight excluding hydrogens is 470 g/mol. The summed E-state index contributed by atoms with van der Waals surface area (Å²) in [4.78, 5) is 34.5. The topological polar surface area (TPSA) is 115 Å². The van der Waals surface area contributed by atoms with Crippen LogP contribution in [-0.2, 0) is 16.0 Å². The number of methoxy groups -OCH3 is 1. The number of ether oxygens (including phenoxy) is 1. The molecule has 0 spiro atoms. The van der Waals surface area contributed by atoms with E-state index in [-0.39, 0.29) is 12.5 Å². The summed E-state index contributed by atoms with van der Waals surface area (Å²) in [7, 11) is 1.32. The Balaban J connectivity index is 1.55. The van der Waals surface area contributed by atoms with Crippen molar-refractivity contribution in [3.63, 3.8) is 0 Å². The minimum Gasteiger partial charge on any atom is -0.467 e. The third kappa shape index (κ3) is 4.48. The van der Waals surface area contributed by atoms with Crippen LogP contribution in [0.2, 0.25) is 0 Å². The maximum Gasteiger partial charge on any atom is 0.328 e. The van der Waals surface area contributed by atoms with E-state index in [1.165, 1.54) is 7.11 Å². The molecule has 0 saturated heterocycles. The van der Waals surface area contributed by atoms with Crippen molar-refractivity contribution in [2.24, 2.45) is 0 Å². The average molecular weight is 500 g/mol. The lowest BCUT2D eigenvalue weighted by Crippen LogP contribution is -2.43. The van der Waals surface area contributed by atoms with Gasteiger partial charge in [0.25, 0.3) is 5.91 Å². The van der Waals surface area contributed by atoms with Crippen LogP contribution < -0.4 is 5.32 Å². The minimum atomic E-state index is -0.888. The van der Waals surface area contributed by atoms with E-state index in [4.69, 9.17) is 14.1 Å². The largest absolute Gasteiger partial charge is 0.467 e. The Bertz CT molecular complexity index is 1620. The molecule has 1 atom stereocenters. The molecule has 0 aliphatic rings. The zero-order chi connectivity index (χ0) is 26.3. The van der Waals surface area contributed by atoms with Crippen molar-refractivity contribution in [2.75, 3.05) is 7.11 Å². The maximum atomic E-state index is 13.7. The van der Waals surface area contributed by atoms with Crippen LogP contribution in [-0.4, -0.2) is 44.8 Å². The number of carbonyl (C=O) groups excluding carboxylic acids is 2. The fourth-order valence-electron chi connectivity index (χ4n) is 4.70. The lowest BCUT2D eigenvalue weighted by molar-refractivity contribution is -0.142. The number of benzene rings is 1. The van der Waals surface area contributed by atoms with Gasteiger partial charge in [-0.1, -0.05) is 18.2 Å². The summed E-state index contributed by atoms with van der Waals surface area (Å²) in [5.74, 6) is 0.522. The fraction of sp³-hybridized carbons (Fsp3) is 0.286. The molecular formula is C28H29N5O4. The summed E-state index contributed by atoms with van der Waals surface area (Å²) < 4.78 is 12.5. The third-order valence-electron chi connectivity index (χ3n) is 6.51. The highest BCUT2D eigenvalue weighted by atomic mass is 16.5. The number of nitrogens with one attached hydrogen (secondary N) is 2. The summed E-state index contributed by atoms with van der Waals surface area (Å²) in [6.07, 6.45) is 3.77. The molecule has 5 rings (SSSR count). The van der Waals surface area contributed by atoms with E-state index < -0.39 is 17.9 Å². The lowest BCUT2D eigenvalue weighted by Gasteiger charge is -2.17. The first-order valence-electron chi connectivity index (χ1n) is 12.2. The van der Waals surface area contributed by atoms with E-state index in [0.29, 0.717) is 28.1 Å². The molecule has 0 radical (unpaired) electrons. The lowest BCUT2D eigenvalue weighted by atomic mass is 10.0. The van der Waals surface area contributed by atoms with Gasteiger partial charge in [0, 0.05) is 35.1 Å². The van der Waals surface area contributed by atoms with E-state index in [0.717, 1.165) is 27.8 Å². The van der Waals surface area contributed by atoms with Crippen molar-refractivity contribution in [1.29, 1.82) is 0 Å². The van der Waals surface area contributed by atoms with Crippen LogP contribution >= 0.6 is 0 Å². The van der Waals surface area contributed by atoms with Crippen molar-refractivity contribution in [3.05, 3.63) is 71.4 Å². The second kappa shape index (κ2) is 9.57. The van der Waals surface area contributed by atoms with E-state index in [9.17, 15) is 9.59 Å². The molecule has 190 valence electrons. The zero-order valence-corrected chi connectivity index (χ0v) is 21.5. The molecule has 9 heteroatoms. The number of aryl methyl sites for hydroxylation is 2. The standard InChI is InChI=1S/C28H29N5O4/c1-15(2)33-26-22(14-30-33)21(12-24(31-26)20-10-16(3)37-17(20)4)27(34)32-25(28(35)36-5)11-18-13-29-23-9-7-6-8-19(18)23/h6-10,12-15,25,29H,11H2,1-5H3,(H,32,34)/t25-/m1/s1. The highest BCUT2D eigenvalue weighted by molar-refractivity contribution is 6.07. The van der Waals surface area contributed by atoms with Crippen molar-refractivity contribution in [1.82, 2.24) is 25.1 Å². The Labute approximate surface area is 213 Å². The second-order valence-electron chi connectivity index (χ2n) is 9.41. The number of aromatic amines is 1. The molecule has 0 saturated carbocycles. The Morgan fingerprint density at radius 1 is 1.16 bits per heavy atom. The molecule has 4 heterocycles. The van der Waals surface area contributed by atoms with Gasteiger partial charge in [-0.25, -0.2) is 14.5 Å². The van der Waals surface area contributed by atoms with Crippen molar-refractivity contribution >= 4 is 33.8 Å².